The number of nitriles is 1. The first-order valence-electron chi connectivity index (χ1n) is 4.64. The van der Waals surface area contributed by atoms with Gasteiger partial charge in [-0.2, -0.15) is 5.26 Å². The Labute approximate surface area is 106 Å². The quantitative estimate of drug-likeness (QED) is 0.465. The minimum Gasteiger partial charge on any atom is -0.263 e. The molecule has 2 heterocycles. The third-order valence-corrected chi connectivity index (χ3v) is 2.26. The lowest BCUT2D eigenvalue weighted by atomic mass is 10.1. The van der Waals surface area contributed by atoms with Crippen molar-refractivity contribution in [2.45, 2.75) is 0 Å². The van der Waals surface area contributed by atoms with Crippen molar-refractivity contribution in [2.24, 2.45) is 0 Å². The Morgan fingerprint density at radius 3 is 2.83 bits per heavy atom. The van der Waals surface area contributed by atoms with Crippen LogP contribution in [0.1, 0.15) is 5.56 Å². The molecule has 2 aromatic heterocycles. The normalized spacial score (nSPS) is 9.78. The molecule has 0 N–H and O–H groups in total. The summed E-state index contributed by atoms with van der Waals surface area (Å²) >= 11 is 5.61. The zero-order chi connectivity index (χ0) is 13.1. The molecule has 18 heavy (non-hydrogen) atoms. The summed E-state index contributed by atoms with van der Waals surface area (Å²) in [5.74, 6) is 0. The molecule has 0 atom stereocenters. The summed E-state index contributed by atoms with van der Waals surface area (Å²) in [6, 6.07) is 3.33. The van der Waals surface area contributed by atoms with Crippen molar-refractivity contribution in [2.75, 3.05) is 0 Å². The van der Waals surface area contributed by atoms with Crippen LogP contribution >= 0.6 is 11.6 Å². The van der Waals surface area contributed by atoms with Gasteiger partial charge in [0.05, 0.1) is 10.5 Å². The first-order valence-corrected chi connectivity index (χ1v) is 5.02. The molecule has 0 amide bonds. The maximum atomic E-state index is 10.9. The van der Waals surface area contributed by atoms with Crippen LogP contribution in [-0.2, 0) is 0 Å². The highest BCUT2D eigenvalue weighted by Gasteiger charge is 2.19. The van der Waals surface area contributed by atoms with Gasteiger partial charge in [0.2, 0.25) is 5.28 Å². The molecule has 0 saturated heterocycles. The molecule has 0 spiro atoms. The molecule has 88 valence electrons. The molecular formula is C10H4ClN5O2. The number of pyridine rings is 1. The zero-order valence-electron chi connectivity index (χ0n) is 8.74. The van der Waals surface area contributed by atoms with Gasteiger partial charge in [-0.05, 0) is 17.7 Å². The predicted molar refractivity (Wildman–Crippen MR) is 61.6 cm³/mol. The molecule has 7 nitrogen and oxygen atoms in total. The second kappa shape index (κ2) is 4.73. The molecule has 0 fully saturated rings. The number of halogens is 1. The molecule has 0 aromatic carbocycles. The average molecular weight is 262 g/mol. The molecule has 0 aliphatic rings. The van der Waals surface area contributed by atoms with Crippen molar-refractivity contribution < 1.29 is 4.92 Å². The van der Waals surface area contributed by atoms with Crippen molar-refractivity contribution in [1.29, 1.82) is 5.26 Å². The SMILES string of the molecule is N#Cc1cncc(-c2nc(Cl)ncc2[N+](=O)[O-])c1. The number of nitrogens with zero attached hydrogens (tertiary/aromatic N) is 5. The highest BCUT2D eigenvalue weighted by molar-refractivity contribution is 6.28. The smallest absolute Gasteiger partial charge is 0.263 e. The Morgan fingerprint density at radius 2 is 2.17 bits per heavy atom. The van der Waals surface area contributed by atoms with Gasteiger partial charge in [-0.1, -0.05) is 0 Å². The van der Waals surface area contributed by atoms with Crippen LogP contribution in [0, 0.1) is 21.4 Å². The van der Waals surface area contributed by atoms with Gasteiger partial charge in [0, 0.05) is 18.0 Å². The van der Waals surface area contributed by atoms with Crippen LogP contribution in [0.3, 0.4) is 0 Å². The molecule has 0 saturated carbocycles. The number of rotatable bonds is 2. The Hall–Kier alpha value is -2.59. The van der Waals surface area contributed by atoms with Crippen LogP contribution in [0.2, 0.25) is 5.28 Å². The van der Waals surface area contributed by atoms with E-state index in [1.165, 1.54) is 18.5 Å². The fraction of sp³-hybridized carbons (Fsp3) is 0. The monoisotopic (exact) mass is 261 g/mol. The fourth-order valence-corrected chi connectivity index (χ4v) is 1.46. The van der Waals surface area contributed by atoms with Crippen molar-refractivity contribution in [3.8, 4) is 17.3 Å². The van der Waals surface area contributed by atoms with E-state index in [0.717, 1.165) is 6.20 Å². The van der Waals surface area contributed by atoms with E-state index >= 15 is 0 Å². The van der Waals surface area contributed by atoms with Gasteiger partial charge in [-0.25, -0.2) is 9.97 Å². The second-order valence-corrected chi connectivity index (χ2v) is 3.54. The van der Waals surface area contributed by atoms with E-state index in [2.05, 4.69) is 15.0 Å². The first-order chi connectivity index (χ1) is 8.61. The van der Waals surface area contributed by atoms with Gasteiger partial charge >= 0.3 is 5.69 Å². The van der Waals surface area contributed by atoms with Gasteiger partial charge in [0.15, 0.2) is 5.69 Å². The van der Waals surface area contributed by atoms with E-state index in [-0.39, 0.29) is 22.2 Å². The Balaban J connectivity index is 2.66. The summed E-state index contributed by atoms with van der Waals surface area (Å²) in [7, 11) is 0. The van der Waals surface area contributed by atoms with Gasteiger partial charge < -0.3 is 0 Å². The number of hydrogen-bond donors (Lipinski definition) is 0. The van der Waals surface area contributed by atoms with Crippen LogP contribution in [0.5, 0.6) is 0 Å². The molecule has 0 bridgehead atoms. The highest BCUT2D eigenvalue weighted by atomic mass is 35.5. The van der Waals surface area contributed by atoms with Crippen LogP contribution < -0.4 is 0 Å². The van der Waals surface area contributed by atoms with E-state index in [4.69, 9.17) is 16.9 Å². The van der Waals surface area contributed by atoms with E-state index in [9.17, 15) is 10.1 Å². The van der Waals surface area contributed by atoms with E-state index in [0.29, 0.717) is 5.56 Å². The standard InChI is InChI=1S/C10H4ClN5O2/c11-10-14-5-8(16(17)18)9(15-10)7-1-6(2-12)3-13-4-7/h1,3-5H. The Morgan fingerprint density at radius 1 is 1.39 bits per heavy atom. The molecule has 8 heteroatoms. The van der Waals surface area contributed by atoms with Crippen molar-refractivity contribution >= 4 is 17.3 Å². The average Bonchev–Trinajstić information content (AvgIpc) is 2.38. The molecule has 0 aliphatic carbocycles. The Bertz CT molecular complexity index is 668. The number of nitro groups is 1. The topological polar surface area (TPSA) is 106 Å². The first kappa shape index (κ1) is 11.9. The molecule has 0 aliphatic heterocycles. The summed E-state index contributed by atoms with van der Waals surface area (Å²) in [6.45, 7) is 0. The molecule has 0 radical (unpaired) electrons. The van der Waals surface area contributed by atoms with E-state index < -0.39 is 4.92 Å². The highest BCUT2D eigenvalue weighted by Crippen LogP contribution is 2.27. The van der Waals surface area contributed by atoms with E-state index in [1.807, 2.05) is 6.07 Å². The maximum Gasteiger partial charge on any atom is 0.313 e. The molecule has 0 unspecified atom stereocenters. The predicted octanol–water partition coefficient (Wildman–Crippen LogP) is 1.97. The largest absolute Gasteiger partial charge is 0.313 e. The van der Waals surface area contributed by atoms with Crippen LogP contribution in [0.25, 0.3) is 11.3 Å². The third kappa shape index (κ3) is 2.23. The zero-order valence-corrected chi connectivity index (χ0v) is 9.50. The van der Waals surface area contributed by atoms with Crippen molar-refractivity contribution in [1.82, 2.24) is 15.0 Å². The van der Waals surface area contributed by atoms with Gasteiger partial charge in [0.1, 0.15) is 12.3 Å². The fourth-order valence-electron chi connectivity index (χ4n) is 1.33. The van der Waals surface area contributed by atoms with Crippen LogP contribution in [0.15, 0.2) is 24.7 Å². The van der Waals surface area contributed by atoms with E-state index in [1.54, 1.807) is 0 Å². The summed E-state index contributed by atoms with van der Waals surface area (Å²) in [6.07, 6.45) is 3.73. The third-order valence-electron chi connectivity index (χ3n) is 2.08. The lowest BCUT2D eigenvalue weighted by molar-refractivity contribution is -0.384. The lowest BCUT2D eigenvalue weighted by Gasteiger charge is -2.02. The minimum absolute atomic E-state index is 0.0320. The van der Waals surface area contributed by atoms with Gasteiger partial charge in [-0.3, -0.25) is 15.1 Å². The van der Waals surface area contributed by atoms with Gasteiger partial charge in [-0.15, -0.1) is 0 Å². The van der Waals surface area contributed by atoms with Crippen LogP contribution in [-0.4, -0.2) is 19.9 Å². The summed E-state index contributed by atoms with van der Waals surface area (Å²) in [5, 5.41) is 19.5. The minimum atomic E-state index is -0.620. The van der Waals surface area contributed by atoms with Gasteiger partial charge in [0.25, 0.3) is 0 Å². The lowest BCUT2D eigenvalue weighted by Crippen LogP contribution is -1.97. The second-order valence-electron chi connectivity index (χ2n) is 3.20. The summed E-state index contributed by atoms with van der Waals surface area (Å²) in [4.78, 5) is 21.4. The summed E-state index contributed by atoms with van der Waals surface area (Å²) in [5.41, 5.74) is 0.350. The van der Waals surface area contributed by atoms with Crippen molar-refractivity contribution in [3.05, 3.63) is 45.6 Å². The number of aromatic nitrogens is 3. The molecular weight excluding hydrogens is 258 g/mol. The van der Waals surface area contributed by atoms with Crippen molar-refractivity contribution in [3.63, 3.8) is 0 Å². The Kier molecular flexibility index (Phi) is 3.12. The van der Waals surface area contributed by atoms with Crippen LogP contribution in [0.4, 0.5) is 5.69 Å². The number of hydrogen-bond acceptors (Lipinski definition) is 6. The molecule has 2 rings (SSSR count). The maximum absolute atomic E-state index is 10.9. The summed E-state index contributed by atoms with van der Waals surface area (Å²) < 4.78 is 0. The molecule has 2 aromatic rings.